The molecule has 0 saturated carbocycles. The van der Waals surface area contributed by atoms with E-state index < -0.39 is 0 Å². The fraction of sp³-hybridized carbons (Fsp3) is 0.500. The van der Waals surface area contributed by atoms with Crippen LogP contribution in [0, 0.1) is 13.8 Å². The molecule has 5 nitrogen and oxygen atoms in total. The van der Waals surface area contributed by atoms with Crippen molar-refractivity contribution in [1.29, 1.82) is 0 Å². The lowest BCUT2D eigenvalue weighted by Crippen LogP contribution is -2.23. The van der Waals surface area contributed by atoms with Crippen molar-refractivity contribution in [1.82, 2.24) is 19.2 Å². The summed E-state index contributed by atoms with van der Waals surface area (Å²) in [6.45, 7) is 5.99. The average Bonchev–Trinajstić information content (AvgIpc) is 2.66. The van der Waals surface area contributed by atoms with Crippen molar-refractivity contribution in [3.63, 3.8) is 0 Å². The predicted octanol–water partition coefficient (Wildman–Crippen LogP) is 1.41. The van der Waals surface area contributed by atoms with Gasteiger partial charge in [0, 0.05) is 45.1 Å². The van der Waals surface area contributed by atoms with Gasteiger partial charge in [-0.05, 0) is 38.4 Å². The van der Waals surface area contributed by atoms with Crippen LogP contribution in [0.15, 0.2) is 23.1 Å². The molecule has 2 aromatic rings. The van der Waals surface area contributed by atoms with Crippen LogP contribution in [-0.2, 0) is 27.1 Å². The lowest BCUT2D eigenvalue weighted by Gasteiger charge is -2.17. The molecule has 0 spiro atoms. The Morgan fingerprint density at radius 2 is 1.95 bits per heavy atom. The Morgan fingerprint density at radius 3 is 2.52 bits per heavy atom. The SMILES string of the molecule is Cc1nn(C)c(C)c1CCN(C)Cc1ccc(=O)n(C)c1. The van der Waals surface area contributed by atoms with Crippen LogP contribution >= 0.6 is 0 Å². The maximum atomic E-state index is 11.4. The number of pyridine rings is 1. The minimum atomic E-state index is 0.0306. The summed E-state index contributed by atoms with van der Waals surface area (Å²) >= 11 is 0. The molecule has 2 rings (SSSR count). The molecule has 0 N–H and O–H groups in total. The van der Waals surface area contributed by atoms with Crippen molar-refractivity contribution in [3.8, 4) is 0 Å². The highest BCUT2D eigenvalue weighted by Gasteiger charge is 2.10. The van der Waals surface area contributed by atoms with E-state index in [2.05, 4.69) is 30.9 Å². The van der Waals surface area contributed by atoms with Crippen molar-refractivity contribution >= 4 is 0 Å². The normalized spacial score (nSPS) is 11.3. The first-order valence-electron chi connectivity index (χ1n) is 7.21. The summed E-state index contributed by atoms with van der Waals surface area (Å²) in [5, 5.41) is 4.45. The van der Waals surface area contributed by atoms with Crippen molar-refractivity contribution < 1.29 is 0 Å². The first-order chi connectivity index (χ1) is 9.88. The zero-order valence-corrected chi connectivity index (χ0v) is 13.6. The van der Waals surface area contributed by atoms with Crippen LogP contribution in [-0.4, -0.2) is 32.8 Å². The Morgan fingerprint density at radius 1 is 1.24 bits per heavy atom. The molecule has 0 bridgehead atoms. The van der Waals surface area contributed by atoms with Crippen LogP contribution in [0.25, 0.3) is 0 Å². The zero-order chi connectivity index (χ0) is 15.6. The third kappa shape index (κ3) is 3.61. The van der Waals surface area contributed by atoms with Gasteiger partial charge in [-0.15, -0.1) is 0 Å². The van der Waals surface area contributed by atoms with Gasteiger partial charge >= 0.3 is 0 Å². The molecule has 2 heterocycles. The van der Waals surface area contributed by atoms with Crippen molar-refractivity contribution in [3.05, 3.63) is 51.2 Å². The van der Waals surface area contributed by atoms with Gasteiger partial charge in [-0.25, -0.2) is 0 Å². The molecular formula is C16H24N4O. The van der Waals surface area contributed by atoms with E-state index in [1.165, 1.54) is 11.3 Å². The van der Waals surface area contributed by atoms with Crippen LogP contribution in [0.2, 0.25) is 0 Å². The van der Waals surface area contributed by atoms with Gasteiger partial charge in [-0.3, -0.25) is 9.48 Å². The molecule has 0 unspecified atom stereocenters. The van der Waals surface area contributed by atoms with Crippen molar-refractivity contribution in [2.75, 3.05) is 13.6 Å². The van der Waals surface area contributed by atoms with Crippen LogP contribution in [0.3, 0.4) is 0 Å². The molecule has 0 aliphatic heterocycles. The van der Waals surface area contributed by atoms with Gasteiger partial charge in [-0.2, -0.15) is 5.10 Å². The van der Waals surface area contributed by atoms with Gasteiger partial charge in [-0.1, -0.05) is 6.07 Å². The van der Waals surface area contributed by atoms with E-state index in [0.29, 0.717) is 0 Å². The zero-order valence-electron chi connectivity index (χ0n) is 13.6. The molecule has 0 radical (unpaired) electrons. The third-order valence-electron chi connectivity index (χ3n) is 4.00. The van der Waals surface area contributed by atoms with Crippen LogP contribution in [0.5, 0.6) is 0 Å². The summed E-state index contributed by atoms with van der Waals surface area (Å²) in [5.74, 6) is 0. The van der Waals surface area contributed by atoms with Gasteiger partial charge in [0.15, 0.2) is 0 Å². The lowest BCUT2D eigenvalue weighted by atomic mass is 10.1. The summed E-state index contributed by atoms with van der Waals surface area (Å²) in [7, 11) is 5.88. The Labute approximate surface area is 125 Å². The van der Waals surface area contributed by atoms with E-state index in [1.54, 1.807) is 17.7 Å². The number of hydrogen-bond acceptors (Lipinski definition) is 3. The predicted molar refractivity (Wildman–Crippen MR) is 84.4 cm³/mol. The quantitative estimate of drug-likeness (QED) is 0.835. The maximum absolute atomic E-state index is 11.4. The monoisotopic (exact) mass is 288 g/mol. The fourth-order valence-electron chi connectivity index (χ4n) is 2.62. The first-order valence-corrected chi connectivity index (χ1v) is 7.21. The molecule has 114 valence electrons. The second-order valence-corrected chi connectivity index (χ2v) is 5.75. The topological polar surface area (TPSA) is 43.1 Å². The average molecular weight is 288 g/mol. The van der Waals surface area contributed by atoms with Crippen LogP contribution in [0.1, 0.15) is 22.5 Å². The number of hydrogen-bond donors (Lipinski definition) is 0. The van der Waals surface area contributed by atoms with E-state index >= 15 is 0 Å². The van der Waals surface area contributed by atoms with Gasteiger partial charge in [0.1, 0.15) is 0 Å². The molecular weight excluding hydrogens is 264 g/mol. The second-order valence-electron chi connectivity index (χ2n) is 5.75. The van der Waals surface area contributed by atoms with E-state index in [9.17, 15) is 4.79 Å². The summed E-state index contributed by atoms with van der Waals surface area (Å²) in [6.07, 6.45) is 2.90. The standard InChI is InChI=1S/C16H24N4O/c1-12-15(13(2)20(5)17-12)8-9-18(3)10-14-6-7-16(21)19(4)11-14/h6-7,11H,8-10H2,1-5H3. The maximum Gasteiger partial charge on any atom is 0.250 e. The smallest absolute Gasteiger partial charge is 0.250 e. The summed E-state index contributed by atoms with van der Waals surface area (Å²) in [6, 6.07) is 3.53. The first kappa shape index (κ1) is 15.5. The Hall–Kier alpha value is -1.88. The third-order valence-corrected chi connectivity index (χ3v) is 4.00. The minimum absolute atomic E-state index is 0.0306. The highest BCUT2D eigenvalue weighted by molar-refractivity contribution is 5.24. The molecule has 0 saturated heterocycles. The number of nitrogens with zero attached hydrogens (tertiary/aromatic N) is 4. The van der Waals surface area contributed by atoms with E-state index in [1.807, 2.05) is 24.0 Å². The van der Waals surface area contributed by atoms with Gasteiger partial charge < -0.3 is 9.47 Å². The Balaban J connectivity index is 1.97. The molecule has 5 heteroatoms. The summed E-state index contributed by atoms with van der Waals surface area (Å²) < 4.78 is 3.57. The molecule has 0 amide bonds. The minimum Gasteiger partial charge on any atom is -0.318 e. The molecule has 0 atom stereocenters. The molecule has 0 aliphatic rings. The highest BCUT2D eigenvalue weighted by Crippen LogP contribution is 2.13. The van der Waals surface area contributed by atoms with E-state index in [4.69, 9.17) is 0 Å². The molecule has 0 aromatic carbocycles. The van der Waals surface area contributed by atoms with Gasteiger partial charge in [0.25, 0.3) is 0 Å². The summed E-state index contributed by atoms with van der Waals surface area (Å²) in [4.78, 5) is 13.7. The molecule has 2 aromatic heterocycles. The highest BCUT2D eigenvalue weighted by atomic mass is 16.1. The Bertz CT molecular complexity index is 684. The van der Waals surface area contributed by atoms with Gasteiger partial charge in [0.2, 0.25) is 5.56 Å². The van der Waals surface area contributed by atoms with Gasteiger partial charge in [0.05, 0.1) is 5.69 Å². The fourth-order valence-corrected chi connectivity index (χ4v) is 2.62. The number of likely N-dealkylation sites (N-methyl/N-ethyl adjacent to an activating group) is 1. The van der Waals surface area contributed by atoms with Crippen molar-refractivity contribution in [2.24, 2.45) is 14.1 Å². The summed E-state index contributed by atoms with van der Waals surface area (Å²) in [5.41, 5.74) is 4.88. The molecule has 0 aliphatic carbocycles. The number of aryl methyl sites for hydroxylation is 3. The van der Waals surface area contributed by atoms with E-state index in [0.717, 1.165) is 30.8 Å². The number of rotatable bonds is 5. The molecule has 0 fully saturated rings. The Kier molecular flexibility index (Phi) is 4.63. The largest absolute Gasteiger partial charge is 0.318 e. The number of aromatic nitrogens is 3. The van der Waals surface area contributed by atoms with Crippen molar-refractivity contribution in [2.45, 2.75) is 26.8 Å². The second kappa shape index (κ2) is 6.26. The van der Waals surface area contributed by atoms with Crippen LogP contribution in [0.4, 0.5) is 0 Å². The molecule has 21 heavy (non-hydrogen) atoms. The lowest BCUT2D eigenvalue weighted by molar-refractivity contribution is 0.330. The van der Waals surface area contributed by atoms with Crippen LogP contribution < -0.4 is 5.56 Å². The van der Waals surface area contributed by atoms with E-state index in [-0.39, 0.29) is 5.56 Å².